The summed E-state index contributed by atoms with van der Waals surface area (Å²) in [7, 11) is -2.25. The average Bonchev–Trinajstić information content (AvgIpc) is 3.23. The van der Waals surface area contributed by atoms with E-state index < -0.39 is 15.9 Å². The number of nitrogens with zero attached hydrogens (tertiary/aromatic N) is 2. The molecule has 0 radical (unpaired) electrons. The third-order valence-electron chi connectivity index (χ3n) is 10.3. The number of halogens is 1. The quantitative estimate of drug-likeness (QED) is 0.219. The van der Waals surface area contributed by atoms with Gasteiger partial charge in [0.15, 0.2) is 0 Å². The second-order valence-electron chi connectivity index (χ2n) is 13.6. The summed E-state index contributed by atoms with van der Waals surface area (Å²) in [6.07, 6.45) is 7.47. The van der Waals surface area contributed by atoms with Crippen LogP contribution >= 0.6 is 11.6 Å². The zero-order chi connectivity index (χ0) is 35.5. The second kappa shape index (κ2) is 14.9. The lowest BCUT2D eigenvalue weighted by Crippen LogP contribution is -2.51. The summed E-state index contributed by atoms with van der Waals surface area (Å²) in [5.74, 6) is 0.262. The highest BCUT2D eigenvalue weighted by Gasteiger charge is 2.45. The van der Waals surface area contributed by atoms with E-state index in [9.17, 15) is 18.0 Å². The zero-order valence-corrected chi connectivity index (χ0v) is 30.0. The van der Waals surface area contributed by atoms with Gasteiger partial charge in [-0.2, -0.15) is 0 Å². The first-order valence-corrected chi connectivity index (χ1v) is 19.1. The van der Waals surface area contributed by atoms with E-state index in [1.807, 2.05) is 41.3 Å². The number of fused-ring (bicyclic) bond motifs is 3. The van der Waals surface area contributed by atoms with Gasteiger partial charge in [-0.1, -0.05) is 42.0 Å². The lowest BCUT2D eigenvalue weighted by molar-refractivity contribution is -0.141. The van der Waals surface area contributed by atoms with Crippen LogP contribution in [0, 0.1) is 11.8 Å². The van der Waals surface area contributed by atoms with Crippen molar-refractivity contribution in [3.8, 4) is 11.5 Å². The molecular formula is C39H44ClN3O6S. The molecule has 2 aliphatic carbocycles. The van der Waals surface area contributed by atoms with E-state index in [-0.39, 0.29) is 34.5 Å². The monoisotopic (exact) mass is 717 g/mol. The number of rotatable bonds is 12. The Hall–Kier alpha value is -4.28. The van der Waals surface area contributed by atoms with E-state index in [4.69, 9.17) is 21.1 Å². The fourth-order valence-corrected chi connectivity index (χ4v) is 8.61. The van der Waals surface area contributed by atoms with E-state index >= 15 is 0 Å². The molecule has 0 unspecified atom stereocenters. The number of ether oxygens (including phenoxy) is 2. The molecule has 1 heterocycles. The normalized spacial score (nSPS) is 21.0. The number of carbonyl (C=O) groups is 2. The lowest BCUT2D eigenvalue weighted by atomic mass is 9.69. The van der Waals surface area contributed by atoms with Crippen molar-refractivity contribution < 1.29 is 27.5 Å². The number of hydrogen-bond donors (Lipinski definition) is 1. The molecule has 2 amide bonds. The number of anilines is 1. The molecule has 11 heteroatoms. The minimum absolute atomic E-state index is 0.0624. The summed E-state index contributed by atoms with van der Waals surface area (Å²) < 4.78 is 38.8. The first kappa shape index (κ1) is 35.5. The van der Waals surface area contributed by atoms with Gasteiger partial charge in [0.25, 0.3) is 5.91 Å². The molecule has 3 atom stereocenters. The summed E-state index contributed by atoms with van der Waals surface area (Å²) in [5.41, 5.74) is 3.98. The van der Waals surface area contributed by atoms with Gasteiger partial charge < -0.3 is 19.3 Å². The van der Waals surface area contributed by atoms with Crippen molar-refractivity contribution in [3.05, 3.63) is 113 Å². The molecule has 0 aromatic heterocycles. The maximum absolute atomic E-state index is 14.1. The number of hydrogen-bond acceptors (Lipinski definition) is 7. The first-order chi connectivity index (χ1) is 24.0. The molecule has 0 saturated heterocycles. The van der Waals surface area contributed by atoms with Crippen molar-refractivity contribution in [2.75, 3.05) is 44.0 Å². The van der Waals surface area contributed by atoms with Crippen molar-refractivity contribution in [2.24, 2.45) is 11.8 Å². The van der Waals surface area contributed by atoms with Crippen molar-refractivity contribution in [1.29, 1.82) is 0 Å². The Kier molecular flexibility index (Phi) is 10.6. The van der Waals surface area contributed by atoms with Crippen LogP contribution in [0.15, 0.2) is 86.0 Å². The van der Waals surface area contributed by atoms with Crippen LogP contribution in [0.4, 0.5) is 5.69 Å². The Morgan fingerprint density at radius 2 is 1.90 bits per heavy atom. The highest BCUT2D eigenvalue weighted by molar-refractivity contribution is 7.90. The van der Waals surface area contributed by atoms with Gasteiger partial charge >= 0.3 is 0 Å². The fourth-order valence-electron chi connectivity index (χ4n) is 7.62. The van der Waals surface area contributed by atoms with Gasteiger partial charge in [-0.15, -0.1) is 13.2 Å². The molecule has 1 saturated carbocycles. The summed E-state index contributed by atoms with van der Waals surface area (Å²) in [6.45, 7) is 9.90. The lowest BCUT2D eigenvalue weighted by Gasteiger charge is -2.45. The number of methoxy groups -OCH3 is 1. The highest BCUT2D eigenvalue weighted by atomic mass is 35.5. The Morgan fingerprint density at radius 1 is 1.10 bits per heavy atom. The van der Waals surface area contributed by atoms with Gasteiger partial charge in [0.05, 0.1) is 25.2 Å². The number of nitrogens with one attached hydrogen (secondary N) is 1. The Bertz CT molecular complexity index is 1880. The van der Waals surface area contributed by atoms with Crippen molar-refractivity contribution in [2.45, 2.75) is 44.1 Å². The maximum atomic E-state index is 14.1. The SMILES string of the molecule is C=CCN(Cc1ccc(OC)cc1)C(=O)[C@@H]1CC[C@H]1CN1C[C@@]2(CCCc3cc(Cl)ccc32)COc2ccc(C(=O)NS(=O)(=O)CC=C)cc21. The Morgan fingerprint density at radius 3 is 2.60 bits per heavy atom. The summed E-state index contributed by atoms with van der Waals surface area (Å²) in [4.78, 5) is 31.4. The fraction of sp³-hybridized carbons (Fsp3) is 0.385. The summed E-state index contributed by atoms with van der Waals surface area (Å²) >= 11 is 6.43. The molecule has 9 nitrogen and oxygen atoms in total. The number of amides is 2. The van der Waals surface area contributed by atoms with Crippen molar-refractivity contribution >= 4 is 39.1 Å². The van der Waals surface area contributed by atoms with Gasteiger partial charge in [-0.05, 0) is 97.2 Å². The Balaban J connectivity index is 1.31. The minimum atomic E-state index is -3.88. The largest absolute Gasteiger partial charge is 0.497 e. The van der Waals surface area contributed by atoms with Gasteiger partial charge in [0.1, 0.15) is 11.5 Å². The van der Waals surface area contributed by atoms with Crippen LogP contribution in [0.1, 0.15) is 52.7 Å². The van der Waals surface area contributed by atoms with Crippen LogP contribution in [0.5, 0.6) is 11.5 Å². The second-order valence-corrected chi connectivity index (χ2v) is 15.8. The smallest absolute Gasteiger partial charge is 0.264 e. The molecule has 50 heavy (non-hydrogen) atoms. The van der Waals surface area contributed by atoms with Gasteiger partial charge in [0, 0.05) is 48.1 Å². The van der Waals surface area contributed by atoms with Gasteiger partial charge in [0.2, 0.25) is 15.9 Å². The van der Waals surface area contributed by atoms with Crippen LogP contribution in [-0.4, -0.2) is 64.2 Å². The van der Waals surface area contributed by atoms with Crippen LogP contribution in [0.2, 0.25) is 5.02 Å². The maximum Gasteiger partial charge on any atom is 0.264 e. The number of carbonyl (C=O) groups excluding carboxylic acids is 2. The third kappa shape index (κ3) is 7.56. The topological polar surface area (TPSA) is 105 Å². The van der Waals surface area contributed by atoms with Gasteiger partial charge in [-0.3, -0.25) is 9.59 Å². The van der Waals surface area contributed by atoms with E-state index in [1.165, 1.54) is 17.2 Å². The molecule has 1 aliphatic heterocycles. The predicted octanol–water partition coefficient (Wildman–Crippen LogP) is 6.31. The van der Waals surface area contributed by atoms with E-state index in [0.717, 1.165) is 43.4 Å². The molecule has 0 bridgehead atoms. The molecule has 1 spiro atoms. The molecule has 1 fully saturated rings. The Labute approximate surface area is 299 Å². The highest BCUT2D eigenvalue weighted by Crippen LogP contribution is 2.46. The number of aryl methyl sites for hydroxylation is 1. The molecule has 1 N–H and O–H groups in total. The molecule has 264 valence electrons. The number of benzene rings is 3. The number of sulfonamides is 1. The van der Waals surface area contributed by atoms with Crippen molar-refractivity contribution in [3.63, 3.8) is 0 Å². The van der Waals surface area contributed by atoms with Crippen LogP contribution in [-0.2, 0) is 33.2 Å². The van der Waals surface area contributed by atoms with Crippen molar-refractivity contribution in [1.82, 2.24) is 9.62 Å². The molecule has 3 aromatic carbocycles. The van der Waals surface area contributed by atoms with E-state index in [2.05, 4.69) is 28.8 Å². The minimum Gasteiger partial charge on any atom is -0.497 e. The molecular weight excluding hydrogens is 674 g/mol. The van der Waals surface area contributed by atoms with E-state index in [0.29, 0.717) is 49.2 Å². The molecule has 6 rings (SSSR count). The van der Waals surface area contributed by atoms with E-state index in [1.54, 1.807) is 31.4 Å². The first-order valence-electron chi connectivity index (χ1n) is 17.0. The zero-order valence-electron chi connectivity index (χ0n) is 28.4. The van der Waals surface area contributed by atoms with Crippen LogP contribution in [0.3, 0.4) is 0 Å². The molecule has 3 aliphatic rings. The van der Waals surface area contributed by atoms with Crippen LogP contribution < -0.4 is 19.1 Å². The third-order valence-corrected chi connectivity index (χ3v) is 11.7. The summed E-state index contributed by atoms with van der Waals surface area (Å²) in [5, 5.41) is 0.701. The van der Waals surface area contributed by atoms with Gasteiger partial charge in [-0.25, -0.2) is 13.1 Å². The average molecular weight is 718 g/mol. The standard InChI is InChI=1S/C39H44ClN3O6S/c1-4-19-42(23-27-8-13-32(48-3)14-9-27)38(45)33-15-10-30(33)24-43-25-39(18-6-7-28-21-31(40)12-16-34(28)39)26-49-36-17-11-29(22-35(36)43)37(44)41-50(46,47)20-5-2/h4-5,8-9,11-14,16-17,21-22,30,33H,1-2,6-7,10,15,18-20,23-26H2,3H3,(H,41,44)/t30-,33+,39-/m0/s1. The predicted molar refractivity (Wildman–Crippen MR) is 196 cm³/mol. The summed E-state index contributed by atoms with van der Waals surface area (Å²) in [6, 6.07) is 18.9. The molecule has 3 aromatic rings. The van der Waals surface area contributed by atoms with Crippen LogP contribution in [0.25, 0.3) is 0 Å².